The van der Waals surface area contributed by atoms with Crippen LogP contribution in [-0.4, -0.2) is 33.1 Å². The molecule has 1 aromatic carbocycles. The van der Waals surface area contributed by atoms with Crippen LogP contribution in [0.4, 0.5) is 0 Å². The van der Waals surface area contributed by atoms with Gasteiger partial charge in [-0.05, 0) is 44.0 Å². The maximum Gasteiger partial charge on any atom is 0.170 e. The fourth-order valence-corrected chi connectivity index (χ4v) is 2.55. The minimum Gasteiger partial charge on any atom is -0.496 e. The highest BCUT2D eigenvalue weighted by Gasteiger charge is 2.21. The van der Waals surface area contributed by atoms with Gasteiger partial charge in [0.1, 0.15) is 17.1 Å². The molecule has 4 nitrogen and oxygen atoms in total. The lowest BCUT2D eigenvalue weighted by molar-refractivity contribution is 0.0968. The molecular formula is C15H21NO3. The SMILES string of the molecule is COc1cccc(OC)c1C(=O)CCC1CCNC1. The van der Waals surface area contributed by atoms with E-state index in [2.05, 4.69) is 5.32 Å². The predicted octanol–water partition coefficient (Wildman–Crippen LogP) is 2.28. The molecule has 1 heterocycles. The van der Waals surface area contributed by atoms with E-state index in [0.29, 0.717) is 29.4 Å². The number of hydrogen-bond acceptors (Lipinski definition) is 4. The number of ketones is 1. The first-order chi connectivity index (χ1) is 9.26. The van der Waals surface area contributed by atoms with Gasteiger partial charge in [-0.2, -0.15) is 0 Å². The molecule has 0 spiro atoms. The van der Waals surface area contributed by atoms with Gasteiger partial charge in [-0.1, -0.05) is 6.07 Å². The van der Waals surface area contributed by atoms with Gasteiger partial charge in [0, 0.05) is 6.42 Å². The van der Waals surface area contributed by atoms with Crippen LogP contribution in [-0.2, 0) is 0 Å². The van der Waals surface area contributed by atoms with E-state index in [0.717, 1.165) is 25.9 Å². The van der Waals surface area contributed by atoms with E-state index in [1.54, 1.807) is 26.4 Å². The number of methoxy groups -OCH3 is 2. The number of benzene rings is 1. The Bertz CT molecular complexity index is 417. The van der Waals surface area contributed by atoms with Crippen LogP contribution in [0.3, 0.4) is 0 Å². The summed E-state index contributed by atoms with van der Waals surface area (Å²) in [5.41, 5.74) is 0.568. The van der Waals surface area contributed by atoms with E-state index in [-0.39, 0.29) is 5.78 Å². The average molecular weight is 263 g/mol. The van der Waals surface area contributed by atoms with Gasteiger partial charge in [-0.15, -0.1) is 0 Å². The maximum atomic E-state index is 12.4. The zero-order valence-corrected chi connectivity index (χ0v) is 11.6. The van der Waals surface area contributed by atoms with Gasteiger partial charge in [-0.25, -0.2) is 0 Å². The Hall–Kier alpha value is -1.55. The summed E-state index contributed by atoms with van der Waals surface area (Å²) in [5, 5.41) is 3.32. The highest BCUT2D eigenvalue weighted by atomic mass is 16.5. The molecule has 1 N–H and O–H groups in total. The summed E-state index contributed by atoms with van der Waals surface area (Å²) in [5.74, 6) is 1.90. The largest absolute Gasteiger partial charge is 0.496 e. The Morgan fingerprint density at radius 1 is 1.32 bits per heavy atom. The molecule has 2 rings (SSSR count). The number of ether oxygens (including phenoxy) is 2. The van der Waals surface area contributed by atoms with Crippen LogP contribution >= 0.6 is 0 Å². The Morgan fingerprint density at radius 2 is 2.00 bits per heavy atom. The van der Waals surface area contributed by atoms with Crippen molar-refractivity contribution in [2.24, 2.45) is 5.92 Å². The van der Waals surface area contributed by atoms with Crippen LogP contribution in [0, 0.1) is 5.92 Å². The van der Waals surface area contributed by atoms with Crippen LogP contribution in [0.15, 0.2) is 18.2 Å². The Kier molecular flexibility index (Phi) is 4.80. The van der Waals surface area contributed by atoms with Crippen LogP contribution in [0.5, 0.6) is 11.5 Å². The first-order valence-corrected chi connectivity index (χ1v) is 6.71. The molecule has 1 aromatic rings. The molecule has 1 unspecified atom stereocenters. The minimum atomic E-state index is 0.0983. The van der Waals surface area contributed by atoms with E-state index in [1.165, 1.54) is 0 Å². The van der Waals surface area contributed by atoms with Crippen molar-refractivity contribution in [1.29, 1.82) is 0 Å². The Balaban J connectivity index is 2.08. The molecule has 0 amide bonds. The third-order valence-electron chi connectivity index (χ3n) is 3.65. The van der Waals surface area contributed by atoms with Crippen LogP contribution in [0.25, 0.3) is 0 Å². The highest BCUT2D eigenvalue weighted by Crippen LogP contribution is 2.30. The number of nitrogens with one attached hydrogen (secondary N) is 1. The first-order valence-electron chi connectivity index (χ1n) is 6.71. The third kappa shape index (κ3) is 3.26. The van der Waals surface area contributed by atoms with Gasteiger partial charge in [0.05, 0.1) is 14.2 Å². The molecule has 1 aliphatic rings. The van der Waals surface area contributed by atoms with Crippen LogP contribution in [0.2, 0.25) is 0 Å². The second kappa shape index (κ2) is 6.57. The summed E-state index contributed by atoms with van der Waals surface area (Å²) in [6.07, 6.45) is 2.63. The fraction of sp³-hybridized carbons (Fsp3) is 0.533. The van der Waals surface area contributed by atoms with Gasteiger partial charge in [0.25, 0.3) is 0 Å². The van der Waals surface area contributed by atoms with Gasteiger partial charge in [0.2, 0.25) is 0 Å². The van der Waals surface area contributed by atoms with E-state index < -0.39 is 0 Å². The number of rotatable bonds is 6. The zero-order chi connectivity index (χ0) is 13.7. The van der Waals surface area contributed by atoms with Gasteiger partial charge in [-0.3, -0.25) is 4.79 Å². The molecule has 1 fully saturated rings. The smallest absolute Gasteiger partial charge is 0.170 e. The molecule has 1 saturated heterocycles. The normalized spacial score (nSPS) is 18.3. The van der Waals surface area contributed by atoms with Crippen molar-refractivity contribution in [2.45, 2.75) is 19.3 Å². The van der Waals surface area contributed by atoms with Crippen molar-refractivity contribution in [2.75, 3.05) is 27.3 Å². The van der Waals surface area contributed by atoms with Crippen molar-refractivity contribution in [3.05, 3.63) is 23.8 Å². The second-order valence-electron chi connectivity index (χ2n) is 4.86. The zero-order valence-electron chi connectivity index (χ0n) is 11.6. The van der Waals surface area contributed by atoms with Gasteiger partial charge >= 0.3 is 0 Å². The number of hydrogen-bond donors (Lipinski definition) is 1. The van der Waals surface area contributed by atoms with Crippen molar-refractivity contribution in [1.82, 2.24) is 5.32 Å². The van der Waals surface area contributed by atoms with Crippen LogP contribution in [0.1, 0.15) is 29.6 Å². The topological polar surface area (TPSA) is 47.6 Å². The summed E-state index contributed by atoms with van der Waals surface area (Å²) in [6.45, 7) is 2.09. The van der Waals surface area contributed by atoms with Gasteiger partial charge < -0.3 is 14.8 Å². The number of carbonyl (C=O) groups is 1. The summed E-state index contributed by atoms with van der Waals surface area (Å²) < 4.78 is 10.5. The molecule has 4 heteroatoms. The quantitative estimate of drug-likeness (QED) is 0.800. The van der Waals surface area contributed by atoms with Gasteiger partial charge in [0.15, 0.2) is 5.78 Å². The average Bonchev–Trinajstić information content (AvgIpc) is 2.97. The van der Waals surface area contributed by atoms with E-state index in [1.807, 2.05) is 6.07 Å². The molecule has 0 radical (unpaired) electrons. The maximum absolute atomic E-state index is 12.4. The number of Topliss-reactive ketones (excluding diaryl/α,β-unsaturated/α-hetero) is 1. The molecule has 1 aliphatic heterocycles. The van der Waals surface area contributed by atoms with Crippen molar-refractivity contribution in [3.8, 4) is 11.5 Å². The highest BCUT2D eigenvalue weighted by molar-refractivity contribution is 6.01. The molecule has 19 heavy (non-hydrogen) atoms. The second-order valence-corrected chi connectivity index (χ2v) is 4.86. The fourth-order valence-electron chi connectivity index (χ4n) is 2.55. The monoisotopic (exact) mass is 263 g/mol. The first kappa shape index (κ1) is 13.9. The standard InChI is InChI=1S/C15H21NO3/c1-18-13-4-3-5-14(19-2)15(13)12(17)7-6-11-8-9-16-10-11/h3-5,11,16H,6-10H2,1-2H3. The molecule has 104 valence electrons. The minimum absolute atomic E-state index is 0.0983. The lowest BCUT2D eigenvalue weighted by atomic mass is 9.97. The molecular weight excluding hydrogens is 242 g/mol. The van der Waals surface area contributed by atoms with E-state index in [9.17, 15) is 4.79 Å². The lowest BCUT2D eigenvalue weighted by Crippen LogP contribution is -2.11. The van der Waals surface area contributed by atoms with E-state index in [4.69, 9.17) is 9.47 Å². The summed E-state index contributed by atoms with van der Waals surface area (Å²) in [6, 6.07) is 5.43. The third-order valence-corrected chi connectivity index (χ3v) is 3.65. The number of carbonyl (C=O) groups excluding carboxylic acids is 1. The predicted molar refractivity (Wildman–Crippen MR) is 74.1 cm³/mol. The lowest BCUT2D eigenvalue weighted by Gasteiger charge is -2.13. The Morgan fingerprint density at radius 3 is 2.53 bits per heavy atom. The van der Waals surface area contributed by atoms with Crippen molar-refractivity contribution in [3.63, 3.8) is 0 Å². The Labute approximate surface area is 114 Å². The van der Waals surface area contributed by atoms with Crippen molar-refractivity contribution >= 4 is 5.78 Å². The summed E-state index contributed by atoms with van der Waals surface area (Å²) >= 11 is 0. The molecule has 0 bridgehead atoms. The molecule has 0 saturated carbocycles. The summed E-state index contributed by atoms with van der Waals surface area (Å²) in [4.78, 5) is 12.4. The molecule has 1 atom stereocenters. The van der Waals surface area contributed by atoms with Crippen LogP contribution < -0.4 is 14.8 Å². The van der Waals surface area contributed by atoms with Crippen molar-refractivity contribution < 1.29 is 14.3 Å². The molecule has 0 aromatic heterocycles. The van der Waals surface area contributed by atoms with E-state index >= 15 is 0 Å². The molecule has 0 aliphatic carbocycles. The summed E-state index contributed by atoms with van der Waals surface area (Å²) in [7, 11) is 3.15.